The molecule has 1 aromatic carbocycles. The van der Waals surface area contributed by atoms with Gasteiger partial charge in [-0.1, -0.05) is 12.1 Å². The van der Waals surface area contributed by atoms with Crippen molar-refractivity contribution in [1.29, 1.82) is 0 Å². The summed E-state index contributed by atoms with van der Waals surface area (Å²) in [5.74, 6) is -0.424. The SMILES string of the molecule is COc1nn(C)cc1Nc1ncc(F)c(-c2c[nH]c3c(NC(=O)C4C[C@H](F)CN4)cccc23)n1. The van der Waals surface area contributed by atoms with Crippen molar-refractivity contribution in [2.24, 2.45) is 7.05 Å². The Morgan fingerprint density at radius 1 is 1.32 bits per heavy atom. The Balaban J connectivity index is 1.46. The van der Waals surface area contributed by atoms with Crippen LogP contribution in [0, 0.1) is 5.82 Å². The number of aromatic amines is 1. The molecule has 10 nitrogen and oxygen atoms in total. The third-order valence-electron chi connectivity index (χ3n) is 5.60. The van der Waals surface area contributed by atoms with Crippen LogP contribution in [0.4, 0.5) is 26.1 Å². The van der Waals surface area contributed by atoms with Gasteiger partial charge in [-0.05, 0) is 6.07 Å². The van der Waals surface area contributed by atoms with E-state index in [9.17, 15) is 13.6 Å². The van der Waals surface area contributed by atoms with Gasteiger partial charge < -0.3 is 25.7 Å². The molecule has 0 radical (unpaired) electrons. The first-order valence-electron chi connectivity index (χ1n) is 10.6. The zero-order valence-electron chi connectivity index (χ0n) is 18.4. The molecule has 176 valence electrons. The lowest BCUT2D eigenvalue weighted by Crippen LogP contribution is -2.35. The number of carbonyl (C=O) groups excluding carboxylic acids is 1. The van der Waals surface area contributed by atoms with Gasteiger partial charge in [-0.3, -0.25) is 9.48 Å². The van der Waals surface area contributed by atoms with E-state index in [1.165, 1.54) is 7.11 Å². The topological polar surface area (TPSA) is 122 Å². The molecule has 1 aliphatic heterocycles. The largest absolute Gasteiger partial charge is 0.478 e. The predicted octanol–water partition coefficient (Wildman–Crippen LogP) is 2.89. The van der Waals surface area contributed by atoms with Crippen LogP contribution in [-0.2, 0) is 11.8 Å². The average Bonchev–Trinajstić information content (AvgIpc) is 3.53. The molecule has 2 atom stereocenters. The second-order valence-corrected chi connectivity index (χ2v) is 7.95. The number of para-hydroxylation sites is 1. The number of fused-ring (bicyclic) bond motifs is 1. The number of amides is 1. The van der Waals surface area contributed by atoms with E-state index in [-0.39, 0.29) is 30.5 Å². The zero-order chi connectivity index (χ0) is 23.8. The summed E-state index contributed by atoms with van der Waals surface area (Å²) in [7, 11) is 3.23. The molecule has 3 aromatic heterocycles. The number of aromatic nitrogens is 5. The van der Waals surface area contributed by atoms with Gasteiger partial charge in [-0.2, -0.15) is 0 Å². The van der Waals surface area contributed by atoms with Crippen LogP contribution in [0.15, 0.2) is 36.8 Å². The van der Waals surface area contributed by atoms with Crippen LogP contribution in [0.2, 0.25) is 0 Å². The molecule has 1 saturated heterocycles. The molecule has 1 unspecified atom stereocenters. The third-order valence-corrected chi connectivity index (χ3v) is 5.60. The average molecular weight is 468 g/mol. The summed E-state index contributed by atoms with van der Waals surface area (Å²) in [6.45, 7) is 0.156. The molecule has 0 bridgehead atoms. The minimum atomic E-state index is -1.04. The van der Waals surface area contributed by atoms with E-state index in [1.807, 2.05) is 0 Å². The summed E-state index contributed by atoms with van der Waals surface area (Å²) in [6.07, 6.45) is 3.47. The van der Waals surface area contributed by atoms with Crippen LogP contribution >= 0.6 is 0 Å². The number of ether oxygens (including phenoxy) is 1. The van der Waals surface area contributed by atoms with Crippen LogP contribution in [0.25, 0.3) is 22.2 Å². The second kappa shape index (κ2) is 8.71. The molecule has 34 heavy (non-hydrogen) atoms. The Hall–Kier alpha value is -4.06. The van der Waals surface area contributed by atoms with Gasteiger partial charge in [0.2, 0.25) is 11.9 Å². The maximum absolute atomic E-state index is 14.8. The fourth-order valence-electron chi connectivity index (χ4n) is 4.01. The summed E-state index contributed by atoms with van der Waals surface area (Å²) in [6, 6.07) is 4.66. The van der Waals surface area contributed by atoms with Crippen LogP contribution in [0.3, 0.4) is 0 Å². The lowest BCUT2D eigenvalue weighted by atomic mass is 10.1. The van der Waals surface area contributed by atoms with Gasteiger partial charge in [0, 0.05) is 37.2 Å². The van der Waals surface area contributed by atoms with Crippen LogP contribution in [0.1, 0.15) is 6.42 Å². The highest BCUT2D eigenvalue weighted by Gasteiger charge is 2.29. The molecule has 1 fully saturated rings. The van der Waals surface area contributed by atoms with Crippen molar-refractivity contribution in [1.82, 2.24) is 30.0 Å². The molecule has 5 rings (SSSR count). The number of carbonyl (C=O) groups is 1. The highest BCUT2D eigenvalue weighted by atomic mass is 19.1. The summed E-state index contributed by atoms with van der Waals surface area (Å²) in [5.41, 5.74) is 2.21. The molecule has 4 aromatic rings. The van der Waals surface area contributed by atoms with Gasteiger partial charge in [0.1, 0.15) is 17.6 Å². The van der Waals surface area contributed by atoms with E-state index in [1.54, 1.807) is 42.3 Å². The summed E-state index contributed by atoms with van der Waals surface area (Å²) >= 11 is 0. The smallest absolute Gasteiger partial charge is 0.256 e. The lowest BCUT2D eigenvalue weighted by molar-refractivity contribution is -0.117. The van der Waals surface area contributed by atoms with Gasteiger partial charge in [-0.25, -0.2) is 18.7 Å². The first-order valence-corrected chi connectivity index (χ1v) is 10.6. The van der Waals surface area contributed by atoms with Gasteiger partial charge in [-0.15, -0.1) is 5.10 Å². The number of anilines is 3. The monoisotopic (exact) mass is 468 g/mol. The van der Waals surface area contributed by atoms with Gasteiger partial charge in [0.15, 0.2) is 5.82 Å². The van der Waals surface area contributed by atoms with Crippen molar-refractivity contribution in [3.63, 3.8) is 0 Å². The van der Waals surface area contributed by atoms with Crippen LogP contribution in [0.5, 0.6) is 5.88 Å². The molecular weight excluding hydrogens is 446 g/mol. The highest BCUT2D eigenvalue weighted by molar-refractivity contribution is 6.06. The minimum absolute atomic E-state index is 0.0767. The molecule has 1 amide bonds. The Labute approximate surface area is 192 Å². The number of H-pyrrole nitrogens is 1. The molecule has 4 N–H and O–H groups in total. The number of rotatable bonds is 6. The number of aryl methyl sites for hydroxylation is 1. The van der Waals surface area contributed by atoms with Crippen LogP contribution in [-0.4, -0.2) is 56.5 Å². The summed E-state index contributed by atoms with van der Waals surface area (Å²) in [4.78, 5) is 24.0. The minimum Gasteiger partial charge on any atom is -0.478 e. The zero-order valence-corrected chi connectivity index (χ0v) is 18.4. The molecule has 12 heteroatoms. The first kappa shape index (κ1) is 21.8. The second-order valence-electron chi connectivity index (χ2n) is 7.95. The number of hydrogen-bond acceptors (Lipinski definition) is 7. The number of methoxy groups -OCH3 is 1. The summed E-state index contributed by atoms with van der Waals surface area (Å²) < 4.78 is 35.0. The normalized spacial score (nSPS) is 17.8. The van der Waals surface area contributed by atoms with E-state index in [0.717, 1.165) is 6.20 Å². The van der Waals surface area contributed by atoms with Crippen molar-refractivity contribution in [3.05, 3.63) is 42.6 Å². The number of hydrogen-bond donors (Lipinski definition) is 4. The molecule has 0 saturated carbocycles. The number of nitrogens with one attached hydrogen (secondary N) is 4. The Morgan fingerprint density at radius 3 is 2.94 bits per heavy atom. The molecule has 0 aliphatic carbocycles. The molecule has 4 heterocycles. The van der Waals surface area contributed by atoms with Crippen molar-refractivity contribution in [3.8, 4) is 17.1 Å². The van der Waals surface area contributed by atoms with E-state index in [4.69, 9.17) is 4.74 Å². The lowest BCUT2D eigenvalue weighted by Gasteiger charge is -2.12. The van der Waals surface area contributed by atoms with Gasteiger partial charge >= 0.3 is 0 Å². The fraction of sp³-hybridized carbons (Fsp3) is 0.273. The maximum Gasteiger partial charge on any atom is 0.256 e. The van der Waals surface area contributed by atoms with E-state index >= 15 is 0 Å². The van der Waals surface area contributed by atoms with Crippen molar-refractivity contribution in [2.75, 3.05) is 24.3 Å². The Bertz CT molecular complexity index is 1370. The van der Waals surface area contributed by atoms with Crippen molar-refractivity contribution >= 4 is 34.1 Å². The first-order chi connectivity index (χ1) is 16.4. The number of alkyl halides is 1. The number of nitrogens with zero attached hydrogens (tertiary/aromatic N) is 4. The third kappa shape index (κ3) is 4.03. The van der Waals surface area contributed by atoms with Crippen molar-refractivity contribution < 1.29 is 18.3 Å². The van der Waals surface area contributed by atoms with Gasteiger partial charge in [0.25, 0.3) is 5.88 Å². The highest BCUT2D eigenvalue weighted by Crippen LogP contribution is 2.34. The summed E-state index contributed by atoms with van der Waals surface area (Å²) in [5, 5.41) is 13.5. The quantitative estimate of drug-likeness (QED) is 0.343. The van der Waals surface area contributed by atoms with Gasteiger partial charge in [0.05, 0.1) is 36.7 Å². The standard InChI is InChI=1S/C22H22F2N8O2/c1-32-10-17(21(31-32)34-2)29-22-27-9-14(24)18(30-22)13-8-26-19-12(13)4-3-5-15(19)28-20(33)16-6-11(23)7-25-16/h3-5,8-11,16,25-26H,6-7H2,1-2H3,(H,28,33)(H,27,29,30)/t11-,16?/m0/s1. The van der Waals surface area contributed by atoms with E-state index < -0.39 is 18.0 Å². The fourth-order valence-corrected chi connectivity index (χ4v) is 4.01. The molecule has 1 aliphatic rings. The van der Waals surface area contributed by atoms with E-state index in [2.05, 4.69) is 36.0 Å². The van der Waals surface area contributed by atoms with Crippen molar-refractivity contribution in [2.45, 2.75) is 18.6 Å². The van der Waals surface area contributed by atoms with Crippen LogP contribution < -0.4 is 20.7 Å². The number of halogens is 2. The Kier molecular flexibility index (Phi) is 5.57. The molecular formula is C22H22F2N8O2. The van der Waals surface area contributed by atoms with E-state index in [0.29, 0.717) is 33.7 Å². The molecule has 0 spiro atoms. The number of benzene rings is 1. The Morgan fingerprint density at radius 2 is 2.18 bits per heavy atom. The maximum atomic E-state index is 14.8. The predicted molar refractivity (Wildman–Crippen MR) is 122 cm³/mol.